The number of halogens is 1. The number of para-hydroxylation sites is 1. The van der Waals surface area contributed by atoms with Crippen molar-refractivity contribution >= 4 is 5.91 Å². The number of aryl methyl sites for hydroxylation is 1. The maximum atomic E-state index is 13.3. The highest BCUT2D eigenvalue weighted by molar-refractivity contribution is 5.74. The molecule has 4 rings (SSSR count). The second kappa shape index (κ2) is 8.07. The molecule has 5 nitrogen and oxygen atoms in total. The van der Waals surface area contributed by atoms with Crippen LogP contribution in [-0.2, 0) is 17.8 Å². The van der Waals surface area contributed by atoms with Gasteiger partial charge >= 0.3 is 0 Å². The Hall–Kier alpha value is -3.15. The number of carbonyl (C=O) groups excluding carboxylic acids is 1. The molecule has 0 bridgehead atoms. The van der Waals surface area contributed by atoms with E-state index in [1.807, 2.05) is 42.2 Å². The number of aromatic nitrogens is 2. The number of rotatable bonds is 7. The van der Waals surface area contributed by atoms with Gasteiger partial charge in [-0.05, 0) is 55.7 Å². The molecular formula is C23H24FN3O2. The van der Waals surface area contributed by atoms with E-state index in [4.69, 9.17) is 9.84 Å². The number of ether oxygens (including phenoxy) is 1. The minimum absolute atomic E-state index is 0.0507. The minimum Gasteiger partial charge on any atom is -0.439 e. The summed E-state index contributed by atoms with van der Waals surface area (Å²) in [6.45, 7) is 4.09. The van der Waals surface area contributed by atoms with E-state index in [-0.39, 0.29) is 17.8 Å². The third-order valence-electron chi connectivity index (χ3n) is 5.10. The van der Waals surface area contributed by atoms with Crippen LogP contribution in [0.1, 0.15) is 37.9 Å². The number of amides is 1. The summed E-state index contributed by atoms with van der Waals surface area (Å²) in [5.41, 5.74) is 2.65. The number of carbonyl (C=O) groups is 1. The lowest BCUT2D eigenvalue weighted by molar-refractivity contribution is -0.130. The summed E-state index contributed by atoms with van der Waals surface area (Å²) in [6.07, 6.45) is 2.77. The predicted molar refractivity (Wildman–Crippen MR) is 109 cm³/mol. The van der Waals surface area contributed by atoms with E-state index in [1.165, 1.54) is 12.1 Å². The first-order valence-electron chi connectivity index (χ1n) is 9.93. The number of benzene rings is 2. The Kier molecular flexibility index (Phi) is 5.34. The molecule has 0 radical (unpaired) electrons. The van der Waals surface area contributed by atoms with E-state index in [1.54, 1.807) is 23.7 Å². The van der Waals surface area contributed by atoms with Crippen LogP contribution in [0.5, 0.6) is 11.6 Å². The average Bonchev–Trinajstić information content (AvgIpc) is 3.51. The van der Waals surface area contributed by atoms with Crippen LogP contribution in [0, 0.1) is 5.82 Å². The van der Waals surface area contributed by atoms with Gasteiger partial charge in [-0.1, -0.05) is 25.1 Å². The van der Waals surface area contributed by atoms with Crippen molar-refractivity contribution in [1.82, 2.24) is 14.7 Å². The molecule has 1 amide bonds. The molecule has 0 atom stereocenters. The molecule has 1 aromatic heterocycles. The van der Waals surface area contributed by atoms with Crippen molar-refractivity contribution in [2.45, 2.75) is 45.7 Å². The van der Waals surface area contributed by atoms with Gasteiger partial charge in [-0.3, -0.25) is 4.79 Å². The number of hydrogen-bond acceptors (Lipinski definition) is 3. The van der Waals surface area contributed by atoms with Crippen LogP contribution in [0.2, 0.25) is 0 Å². The molecule has 1 fully saturated rings. The lowest BCUT2D eigenvalue weighted by Crippen LogP contribution is -2.30. The molecule has 6 heteroatoms. The molecule has 2 aromatic carbocycles. The summed E-state index contributed by atoms with van der Waals surface area (Å²) in [4.78, 5) is 14.1. The Labute approximate surface area is 169 Å². The van der Waals surface area contributed by atoms with Gasteiger partial charge in [0.2, 0.25) is 11.8 Å². The van der Waals surface area contributed by atoms with E-state index < -0.39 is 0 Å². The number of hydrogen-bond donors (Lipinski definition) is 0. The zero-order chi connectivity index (χ0) is 20.4. The molecule has 0 saturated heterocycles. The molecule has 1 heterocycles. The van der Waals surface area contributed by atoms with Crippen molar-refractivity contribution in [3.05, 3.63) is 71.7 Å². The summed E-state index contributed by atoms with van der Waals surface area (Å²) in [7, 11) is 0. The van der Waals surface area contributed by atoms with Gasteiger partial charge in [0.15, 0.2) is 0 Å². The summed E-state index contributed by atoms with van der Waals surface area (Å²) in [6, 6.07) is 15.9. The Balaban J connectivity index is 1.80. The van der Waals surface area contributed by atoms with Gasteiger partial charge < -0.3 is 9.64 Å². The average molecular weight is 393 g/mol. The van der Waals surface area contributed by atoms with Gasteiger partial charge in [0, 0.05) is 13.0 Å². The van der Waals surface area contributed by atoms with Crippen LogP contribution in [0.15, 0.2) is 54.6 Å². The molecule has 1 saturated carbocycles. The zero-order valence-corrected chi connectivity index (χ0v) is 16.6. The van der Waals surface area contributed by atoms with Crippen LogP contribution in [0.25, 0.3) is 5.69 Å². The Bertz CT molecular complexity index is 995. The van der Waals surface area contributed by atoms with Crippen LogP contribution in [-0.4, -0.2) is 26.6 Å². The molecule has 150 valence electrons. The molecule has 29 heavy (non-hydrogen) atoms. The molecular weight excluding hydrogens is 369 g/mol. The lowest BCUT2D eigenvalue weighted by atomic mass is 10.2. The van der Waals surface area contributed by atoms with Crippen molar-refractivity contribution in [2.75, 3.05) is 0 Å². The second-order valence-corrected chi connectivity index (χ2v) is 7.27. The largest absolute Gasteiger partial charge is 0.439 e. The van der Waals surface area contributed by atoms with E-state index in [2.05, 4.69) is 0 Å². The number of nitrogens with zero attached hydrogens (tertiary/aromatic N) is 3. The van der Waals surface area contributed by atoms with Gasteiger partial charge in [0.25, 0.3) is 0 Å². The predicted octanol–water partition coefficient (Wildman–Crippen LogP) is 4.88. The van der Waals surface area contributed by atoms with Crippen LogP contribution >= 0.6 is 0 Å². The van der Waals surface area contributed by atoms with Crippen LogP contribution in [0.4, 0.5) is 4.39 Å². The van der Waals surface area contributed by atoms with Crippen LogP contribution < -0.4 is 4.74 Å². The normalized spacial score (nSPS) is 13.3. The van der Waals surface area contributed by atoms with Crippen molar-refractivity contribution < 1.29 is 13.9 Å². The summed E-state index contributed by atoms with van der Waals surface area (Å²) in [5.74, 6) is 0.814. The Morgan fingerprint density at radius 2 is 1.86 bits per heavy atom. The third kappa shape index (κ3) is 4.16. The van der Waals surface area contributed by atoms with E-state index >= 15 is 0 Å². The fourth-order valence-corrected chi connectivity index (χ4v) is 3.44. The monoisotopic (exact) mass is 393 g/mol. The van der Waals surface area contributed by atoms with Gasteiger partial charge in [-0.15, -0.1) is 0 Å². The first-order chi connectivity index (χ1) is 14.1. The molecule has 0 spiro atoms. The Morgan fingerprint density at radius 3 is 2.45 bits per heavy atom. The highest BCUT2D eigenvalue weighted by atomic mass is 19.1. The zero-order valence-electron chi connectivity index (χ0n) is 16.6. The van der Waals surface area contributed by atoms with E-state index in [0.29, 0.717) is 24.6 Å². The van der Waals surface area contributed by atoms with Gasteiger partial charge in [-0.25, -0.2) is 9.07 Å². The fraction of sp³-hybridized carbons (Fsp3) is 0.304. The highest BCUT2D eigenvalue weighted by Crippen LogP contribution is 2.35. The molecule has 1 aliphatic carbocycles. The molecule has 3 aromatic rings. The maximum absolute atomic E-state index is 13.3. The van der Waals surface area contributed by atoms with Crippen LogP contribution in [0.3, 0.4) is 0 Å². The van der Waals surface area contributed by atoms with Crippen molar-refractivity contribution in [1.29, 1.82) is 0 Å². The van der Waals surface area contributed by atoms with Gasteiger partial charge in [0.05, 0.1) is 23.5 Å². The smallest absolute Gasteiger partial charge is 0.227 e. The van der Waals surface area contributed by atoms with Gasteiger partial charge in [-0.2, -0.15) is 5.10 Å². The topological polar surface area (TPSA) is 47.4 Å². The summed E-state index contributed by atoms with van der Waals surface area (Å²) in [5, 5.41) is 4.78. The maximum Gasteiger partial charge on any atom is 0.227 e. The van der Waals surface area contributed by atoms with E-state index in [9.17, 15) is 9.18 Å². The molecule has 0 N–H and O–H groups in total. The SMILES string of the molecule is CCc1nn(-c2ccccc2)c(Oc2ccc(F)cc2)c1CN(C(C)=O)C1CC1. The van der Waals surface area contributed by atoms with Gasteiger partial charge in [0.1, 0.15) is 11.6 Å². The highest BCUT2D eigenvalue weighted by Gasteiger charge is 2.33. The molecule has 1 aliphatic rings. The quantitative estimate of drug-likeness (QED) is 0.575. The fourth-order valence-electron chi connectivity index (χ4n) is 3.44. The standard InChI is InChI=1S/C23H24FN3O2/c1-3-22-21(15-26(16(2)28)18-11-12-18)23(29-20-13-9-17(24)10-14-20)27(25-22)19-7-5-4-6-8-19/h4-10,13-14,18H,3,11-12,15H2,1-2H3. The summed E-state index contributed by atoms with van der Waals surface area (Å²) >= 11 is 0. The van der Waals surface area contributed by atoms with Crippen molar-refractivity contribution in [3.63, 3.8) is 0 Å². The molecule has 0 unspecified atom stereocenters. The molecule has 0 aliphatic heterocycles. The Morgan fingerprint density at radius 1 is 1.17 bits per heavy atom. The first-order valence-corrected chi connectivity index (χ1v) is 9.93. The lowest BCUT2D eigenvalue weighted by Gasteiger charge is -2.21. The first kappa shape index (κ1) is 19.2. The van der Waals surface area contributed by atoms with Crippen molar-refractivity contribution in [2.24, 2.45) is 0 Å². The second-order valence-electron chi connectivity index (χ2n) is 7.27. The summed E-state index contributed by atoms with van der Waals surface area (Å²) < 4.78 is 21.3. The van der Waals surface area contributed by atoms with E-state index in [0.717, 1.165) is 29.8 Å². The minimum atomic E-state index is -0.320. The third-order valence-corrected chi connectivity index (χ3v) is 5.10. The van der Waals surface area contributed by atoms with Crippen molar-refractivity contribution in [3.8, 4) is 17.3 Å².